The van der Waals surface area contributed by atoms with E-state index in [1.165, 1.54) is 0 Å². The normalized spacial score (nSPS) is 10.7. The molecule has 3 aromatic rings. The zero-order chi connectivity index (χ0) is 22.9. The Balaban J connectivity index is 1.63. The van der Waals surface area contributed by atoms with Gasteiger partial charge in [0, 0.05) is 5.56 Å². The van der Waals surface area contributed by atoms with Gasteiger partial charge < -0.3 is 20.3 Å². The SMILES string of the molecule is CCCc1cc(OCCOc2ccc(-c3ccc(C(=N)N)cc3)cc2CCC)ccc1O. The van der Waals surface area contributed by atoms with Crippen LogP contribution in [-0.2, 0) is 12.8 Å². The Morgan fingerprint density at radius 3 is 2.16 bits per heavy atom. The van der Waals surface area contributed by atoms with Crippen LogP contribution in [0.3, 0.4) is 0 Å². The lowest BCUT2D eigenvalue weighted by atomic mass is 9.99. The third-order valence-electron chi connectivity index (χ3n) is 5.29. The summed E-state index contributed by atoms with van der Waals surface area (Å²) in [4.78, 5) is 0. The predicted molar refractivity (Wildman–Crippen MR) is 130 cm³/mol. The molecule has 0 amide bonds. The van der Waals surface area contributed by atoms with Crippen molar-refractivity contribution < 1.29 is 14.6 Å². The van der Waals surface area contributed by atoms with Crippen LogP contribution in [0.25, 0.3) is 11.1 Å². The number of hydrogen-bond acceptors (Lipinski definition) is 4. The second-order valence-electron chi connectivity index (χ2n) is 7.80. The molecule has 0 fully saturated rings. The molecule has 0 bridgehead atoms. The Hall–Kier alpha value is -3.47. The van der Waals surface area contributed by atoms with Gasteiger partial charge in [-0.25, -0.2) is 0 Å². The number of nitrogens with one attached hydrogen (secondary N) is 1. The molecule has 5 nitrogen and oxygen atoms in total. The number of ether oxygens (including phenoxy) is 2. The Morgan fingerprint density at radius 1 is 0.812 bits per heavy atom. The van der Waals surface area contributed by atoms with E-state index in [2.05, 4.69) is 26.0 Å². The number of phenols is 1. The van der Waals surface area contributed by atoms with Gasteiger partial charge in [-0.05, 0) is 65.4 Å². The van der Waals surface area contributed by atoms with Crippen LogP contribution in [0.5, 0.6) is 17.2 Å². The number of phenolic OH excluding ortho intramolecular Hbond substituents is 1. The first kappa shape index (κ1) is 23.2. The van der Waals surface area contributed by atoms with E-state index in [0.29, 0.717) is 19.0 Å². The molecule has 0 heterocycles. The number of nitrogen functional groups attached to an aromatic ring is 1. The highest BCUT2D eigenvalue weighted by Gasteiger charge is 2.08. The molecule has 4 N–H and O–H groups in total. The Kier molecular flexibility index (Phi) is 8.14. The average molecular weight is 433 g/mol. The van der Waals surface area contributed by atoms with Crippen molar-refractivity contribution in [2.45, 2.75) is 39.5 Å². The van der Waals surface area contributed by atoms with Crippen LogP contribution in [0.15, 0.2) is 60.7 Å². The first-order valence-electron chi connectivity index (χ1n) is 11.2. The fourth-order valence-corrected chi connectivity index (χ4v) is 3.64. The summed E-state index contributed by atoms with van der Waals surface area (Å²) in [5.74, 6) is 2.00. The Morgan fingerprint density at radius 2 is 1.47 bits per heavy atom. The molecule has 0 unspecified atom stereocenters. The van der Waals surface area contributed by atoms with Crippen molar-refractivity contribution in [2.24, 2.45) is 5.73 Å². The third-order valence-corrected chi connectivity index (χ3v) is 5.29. The first-order valence-corrected chi connectivity index (χ1v) is 11.2. The number of hydrogen-bond donors (Lipinski definition) is 3. The van der Waals surface area contributed by atoms with Crippen molar-refractivity contribution in [2.75, 3.05) is 13.2 Å². The van der Waals surface area contributed by atoms with Gasteiger partial charge in [-0.3, -0.25) is 5.41 Å². The molecule has 0 saturated heterocycles. The number of benzene rings is 3. The smallest absolute Gasteiger partial charge is 0.122 e. The molecule has 0 aromatic heterocycles. The van der Waals surface area contributed by atoms with Gasteiger partial charge >= 0.3 is 0 Å². The molecule has 0 radical (unpaired) electrons. The van der Waals surface area contributed by atoms with Gasteiger partial charge in [0.1, 0.15) is 36.3 Å². The number of amidine groups is 1. The molecule has 0 aliphatic carbocycles. The summed E-state index contributed by atoms with van der Waals surface area (Å²) < 4.78 is 11.9. The molecule has 3 aromatic carbocycles. The van der Waals surface area contributed by atoms with Crippen molar-refractivity contribution in [3.8, 4) is 28.4 Å². The van der Waals surface area contributed by atoms with Gasteiger partial charge in [0.05, 0.1) is 0 Å². The lowest BCUT2D eigenvalue weighted by Crippen LogP contribution is -2.10. The largest absolute Gasteiger partial charge is 0.508 e. The molecule has 0 spiro atoms. The minimum absolute atomic E-state index is 0.0723. The van der Waals surface area contributed by atoms with Crippen molar-refractivity contribution in [3.05, 3.63) is 77.4 Å². The summed E-state index contributed by atoms with van der Waals surface area (Å²) in [6.07, 6.45) is 3.74. The third kappa shape index (κ3) is 6.03. The van der Waals surface area contributed by atoms with Crippen LogP contribution in [-0.4, -0.2) is 24.2 Å². The van der Waals surface area contributed by atoms with Crippen molar-refractivity contribution >= 4 is 5.84 Å². The van der Waals surface area contributed by atoms with E-state index in [1.807, 2.05) is 36.4 Å². The first-order chi connectivity index (χ1) is 15.5. The highest BCUT2D eigenvalue weighted by molar-refractivity contribution is 5.95. The van der Waals surface area contributed by atoms with Crippen LogP contribution in [0, 0.1) is 5.41 Å². The van der Waals surface area contributed by atoms with Crippen LogP contribution < -0.4 is 15.2 Å². The summed E-state index contributed by atoms with van der Waals surface area (Å²) in [5, 5.41) is 17.5. The zero-order valence-electron chi connectivity index (χ0n) is 18.9. The van der Waals surface area contributed by atoms with Crippen molar-refractivity contribution in [3.63, 3.8) is 0 Å². The van der Waals surface area contributed by atoms with Crippen molar-refractivity contribution in [1.29, 1.82) is 5.41 Å². The van der Waals surface area contributed by atoms with Gasteiger partial charge in [0.25, 0.3) is 0 Å². The molecule has 3 rings (SSSR count). The minimum Gasteiger partial charge on any atom is -0.508 e. The van der Waals surface area contributed by atoms with Gasteiger partial charge in [-0.2, -0.15) is 0 Å². The quantitative estimate of drug-likeness (QED) is 0.206. The maximum atomic E-state index is 9.91. The van der Waals surface area contributed by atoms with E-state index in [1.54, 1.807) is 12.1 Å². The fraction of sp³-hybridized carbons (Fsp3) is 0.296. The molecular weight excluding hydrogens is 400 g/mol. The van der Waals surface area contributed by atoms with E-state index in [4.69, 9.17) is 20.6 Å². The molecule has 5 heteroatoms. The van der Waals surface area contributed by atoms with Crippen molar-refractivity contribution in [1.82, 2.24) is 0 Å². The summed E-state index contributed by atoms with van der Waals surface area (Å²) >= 11 is 0. The lowest BCUT2D eigenvalue weighted by molar-refractivity contribution is 0.215. The molecule has 0 saturated carbocycles. The van der Waals surface area contributed by atoms with Gasteiger partial charge in [0.2, 0.25) is 0 Å². The fourth-order valence-electron chi connectivity index (χ4n) is 3.64. The van der Waals surface area contributed by atoms with Crippen LogP contribution >= 0.6 is 0 Å². The van der Waals surface area contributed by atoms with Gasteiger partial charge in [0.15, 0.2) is 0 Å². The standard InChI is InChI=1S/C27H32N2O3/c1-3-5-22-18-24(12-13-25(22)30)31-15-16-32-26-14-11-21(17-23(26)6-4-2)19-7-9-20(10-8-19)27(28)29/h7-14,17-18,30H,3-6,15-16H2,1-2H3,(H3,28,29). The molecule has 32 heavy (non-hydrogen) atoms. The summed E-state index contributed by atoms with van der Waals surface area (Å²) in [6, 6.07) is 19.3. The van der Waals surface area contributed by atoms with Crippen LogP contribution in [0.4, 0.5) is 0 Å². The van der Waals surface area contributed by atoms with E-state index in [9.17, 15) is 5.11 Å². The van der Waals surface area contributed by atoms with E-state index in [0.717, 1.165) is 65.0 Å². The lowest BCUT2D eigenvalue weighted by Gasteiger charge is -2.14. The molecule has 168 valence electrons. The van der Waals surface area contributed by atoms with Gasteiger partial charge in [-0.1, -0.05) is 57.0 Å². The monoisotopic (exact) mass is 432 g/mol. The number of aryl methyl sites for hydroxylation is 2. The summed E-state index contributed by atoms with van der Waals surface area (Å²) in [6.45, 7) is 5.10. The second-order valence-corrected chi connectivity index (χ2v) is 7.80. The second kappa shape index (κ2) is 11.2. The van der Waals surface area contributed by atoms with Crippen LogP contribution in [0.2, 0.25) is 0 Å². The van der Waals surface area contributed by atoms with Gasteiger partial charge in [-0.15, -0.1) is 0 Å². The summed E-state index contributed by atoms with van der Waals surface area (Å²) in [7, 11) is 0. The van der Waals surface area contributed by atoms with E-state index < -0.39 is 0 Å². The topological polar surface area (TPSA) is 88.6 Å². The zero-order valence-corrected chi connectivity index (χ0v) is 18.9. The molecular formula is C27H32N2O3. The molecule has 0 aliphatic rings. The maximum absolute atomic E-state index is 9.91. The number of nitrogens with two attached hydrogens (primary N) is 1. The highest BCUT2D eigenvalue weighted by Crippen LogP contribution is 2.28. The Bertz CT molecular complexity index is 1050. The number of rotatable bonds is 11. The van der Waals surface area contributed by atoms with E-state index >= 15 is 0 Å². The predicted octanol–water partition coefficient (Wildman–Crippen LogP) is 5.71. The average Bonchev–Trinajstić information content (AvgIpc) is 2.80. The minimum atomic E-state index is 0.0723. The molecule has 0 aliphatic heterocycles. The molecule has 0 atom stereocenters. The maximum Gasteiger partial charge on any atom is 0.122 e. The van der Waals surface area contributed by atoms with Crippen LogP contribution in [0.1, 0.15) is 43.4 Å². The highest BCUT2D eigenvalue weighted by atomic mass is 16.5. The number of aromatic hydroxyl groups is 1. The summed E-state index contributed by atoms with van der Waals surface area (Å²) in [5.41, 5.74) is 10.5. The van der Waals surface area contributed by atoms with E-state index in [-0.39, 0.29) is 5.84 Å². The Labute approximate surface area is 190 Å².